The highest BCUT2D eigenvalue weighted by molar-refractivity contribution is 6.06. The average molecular weight is 834 g/mol. The number of benzene rings is 3. The first-order valence-corrected chi connectivity index (χ1v) is 21.2. The van der Waals surface area contributed by atoms with Crippen molar-refractivity contribution < 1.29 is 38.1 Å². The number of hydrogen-bond donors (Lipinski definition) is 3. The lowest BCUT2D eigenvalue weighted by atomic mass is 9.90. The third-order valence-corrected chi connectivity index (χ3v) is 12.6. The van der Waals surface area contributed by atoms with E-state index >= 15 is 0 Å². The number of aromatic nitrogens is 2. The molecule has 1 aromatic heterocycles. The Bertz CT molecular complexity index is 2390. The molecule has 0 spiro atoms. The second-order valence-corrected chi connectivity index (χ2v) is 17.2. The minimum Gasteiger partial charge on any atom is -0.488 e. The van der Waals surface area contributed by atoms with Crippen LogP contribution >= 0.6 is 0 Å². The molecular weight excluding hydrogens is 779 g/mol. The summed E-state index contributed by atoms with van der Waals surface area (Å²) in [6.45, 7) is 9.64. The number of aliphatic imine (C=N–C) groups is 1. The number of ether oxygens (including phenoxy) is 4. The van der Waals surface area contributed by atoms with Gasteiger partial charge in [-0.1, -0.05) is 45.9 Å². The van der Waals surface area contributed by atoms with Gasteiger partial charge in [-0.15, -0.1) is 0 Å². The zero-order chi connectivity index (χ0) is 43.1. The van der Waals surface area contributed by atoms with Gasteiger partial charge in [0.1, 0.15) is 30.3 Å². The Balaban J connectivity index is 1.01. The second-order valence-electron chi connectivity index (χ2n) is 17.2. The Hall–Kier alpha value is -5.96. The van der Waals surface area contributed by atoms with E-state index < -0.39 is 24.3 Å². The summed E-state index contributed by atoms with van der Waals surface area (Å²) in [7, 11) is 4.26. The molecule has 4 aliphatic rings. The van der Waals surface area contributed by atoms with Crippen molar-refractivity contribution in [1.82, 2.24) is 30.4 Å². The van der Waals surface area contributed by atoms with Gasteiger partial charge in [-0.2, -0.15) is 0 Å². The topological polar surface area (TPSA) is 177 Å². The molecule has 0 bridgehead atoms. The van der Waals surface area contributed by atoms with Gasteiger partial charge in [0.05, 0.1) is 50.5 Å². The summed E-state index contributed by atoms with van der Waals surface area (Å²) in [5.74, 6) is 1.10. The summed E-state index contributed by atoms with van der Waals surface area (Å²) in [5.41, 5.74) is 7.89. The Morgan fingerprint density at radius 3 is 2.30 bits per heavy atom. The van der Waals surface area contributed by atoms with Gasteiger partial charge in [0.25, 0.3) is 0 Å². The van der Waals surface area contributed by atoms with Crippen molar-refractivity contribution in [2.24, 2.45) is 22.7 Å². The van der Waals surface area contributed by atoms with E-state index in [1.807, 2.05) is 43.7 Å². The van der Waals surface area contributed by atoms with Gasteiger partial charge in [-0.25, -0.2) is 14.6 Å². The lowest BCUT2D eigenvalue weighted by Crippen LogP contribution is -2.53. The van der Waals surface area contributed by atoms with Crippen LogP contribution in [0.15, 0.2) is 53.7 Å². The number of alkyl carbamates (subject to hydrolysis) is 2. The summed E-state index contributed by atoms with van der Waals surface area (Å²) in [4.78, 5) is 69.0. The first kappa shape index (κ1) is 41.8. The molecule has 0 aliphatic carbocycles. The largest absolute Gasteiger partial charge is 0.488 e. The number of carbonyl (C=O) groups excluding carboxylic acids is 4. The van der Waals surface area contributed by atoms with Gasteiger partial charge in [0, 0.05) is 43.8 Å². The fraction of sp³-hybridized carbons (Fsp3) is 0.478. The van der Waals surface area contributed by atoms with E-state index in [1.165, 1.54) is 14.2 Å². The molecular formula is C46H55N7O8. The van der Waals surface area contributed by atoms with E-state index in [4.69, 9.17) is 28.9 Å². The zero-order valence-corrected chi connectivity index (χ0v) is 35.9. The standard InChI is InChI=1S/C46H55N7O8/c1-24(2)40(50-45(56)59-6)43(54)52-14-8-9-37(52)42-47-20-36(49-42)28-10-12-30-29(16-28)23-61-39-19-31-27(17-33(30)39)11-13-34-32(31)18-35(48-34)38-15-26(22-58-5)21-53(38)44(55)41(25(3)4)51-46(57)60-7/h10-13,16-17,19-20,24-26,37-38,40-41H,8-9,14-15,18,21-23H2,1-7H3,(H,47,49)(H,50,56)(H,51,57)/t26-,37-,38-,40?,41-/m0/s1. The number of imidazole rings is 1. The molecule has 5 heterocycles. The SMILES string of the molecule is COC[C@H]1C[C@@H](C2=Nc3ccc4cc5c(cc4c3C2)OCc2cc(-c3cnc([C@@H]4CCCN4C(=O)C(NC(=O)OC)C(C)C)[nH]3)ccc2-5)N(C(=O)[C@@H](NC(=O)OC)C(C)C)C1. The van der Waals surface area contributed by atoms with Crippen molar-refractivity contribution in [3.05, 3.63) is 65.6 Å². The van der Waals surface area contributed by atoms with Crippen molar-refractivity contribution in [2.75, 3.05) is 41.0 Å². The maximum absolute atomic E-state index is 14.1. The number of methoxy groups -OCH3 is 3. The molecule has 3 aromatic carbocycles. The van der Waals surface area contributed by atoms with Crippen molar-refractivity contribution in [2.45, 2.75) is 84.2 Å². The molecule has 322 valence electrons. The number of amides is 4. The summed E-state index contributed by atoms with van der Waals surface area (Å²) >= 11 is 0. The number of aromatic amines is 1. The maximum Gasteiger partial charge on any atom is 0.407 e. The average Bonchev–Trinajstić information content (AvgIpc) is 4.09. The van der Waals surface area contributed by atoms with Crippen molar-refractivity contribution in [3.8, 4) is 28.1 Å². The number of fused-ring (bicyclic) bond motifs is 6. The molecule has 2 fully saturated rings. The molecule has 4 amide bonds. The Morgan fingerprint density at radius 2 is 1.61 bits per heavy atom. The molecule has 4 aliphatic heterocycles. The molecule has 15 heteroatoms. The Morgan fingerprint density at radius 1 is 0.885 bits per heavy atom. The van der Waals surface area contributed by atoms with Crippen LogP contribution in [0.5, 0.6) is 5.75 Å². The first-order chi connectivity index (χ1) is 29.4. The maximum atomic E-state index is 14.1. The fourth-order valence-electron chi connectivity index (χ4n) is 9.45. The minimum atomic E-state index is -0.733. The highest BCUT2D eigenvalue weighted by Crippen LogP contribution is 2.45. The van der Waals surface area contributed by atoms with Crippen molar-refractivity contribution in [3.63, 3.8) is 0 Å². The molecule has 1 unspecified atom stereocenters. The van der Waals surface area contributed by atoms with Crippen LogP contribution in [0.4, 0.5) is 15.3 Å². The van der Waals surface area contributed by atoms with Crippen LogP contribution in [-0.4, -0.2) is 109 Å². The minimum absolute atomic E-state index is 0.118. The molecule has 2 saturated heterocycles. The third kappa shape index (κ3) is 8.03. The molecule has 15 nitrogen and oxygen atoms in total. The summed E-state index contributed by atoms with van der Waals surface area (Å²) in [6.07, 6.45) is 3.47. The molecule has 5 atom stereocenters. The number of likely N-dealkylation sites (tertiary alicyclic amines) is 2. The Kier molecular flexibility index (Phi) is 11.8. The fourth-order valence-corrected chi connectivity index (χ4v) is 9.45. The molecule has 8 rings (SSSR count). The zero-order valence-electron chi connectivity index (χ0n) is 35.9. The van der Waals surface area contributed by atoms with Crippen LogP contribution in [0.2, 0.25) is 0 Å². The highest BCUT2D eigenvalue weighted by Gasteiger charge is 2.43. The van der Waals surface area contributed by atoms with Gasteiger partial charge >= 0.3 is 12.2 Å². The summed E-state index contributed by atoms with van der Waals surface area (Å²) < 4.78 is 21.6. The van der Waals surface area contributed by atoms with Crippen LogP contribution in [0.3, 0.4) is 0 Å². The first-order valence-electron chi connectivity index (χ1n) is 21.2. The monoisotopic (exact) mass is 833 g/mol. The molecule has 0 radical (unpaired) electrons. The number of rotatable bonds is 11. The highest BCUT2D eigenvalue weighted by atomic mass is 16.5. The van der Waals surface area contributed by atoms with E-state index in [1.54, 1.807) is 7.11 Å². The molecule has 0 saturated carbocycles. The Labute approximate surface area is 355 Å². The number of hydrogen-bond acceptors (Lipinski definition) is 10. The van der Waals surface area contributed by atoms with Gasteiger partial charge in [-0.05, 0) is 88.4 Å². The van der Waals surface area contributed by atoms with Crippen molar-refractivity contribution >= 4 is 46.2 Å². The lowest BCUT2D eigenvalue weighted by molar-refractivity contribution is -0.135. The van der Waals surface area contributed by atoms with Crippen LogP contribution in [0, 0.1) is 17.8 Å². The van der Waals surface area contributed by atoms with Crippen molar-refractivity contribution in [1.29, 1.82) is 0 Å². The number of nitrogens with zero attached hydrogens (tertiary/aromatic N) is 4. The van der Waals surface area contributed by atoms with Crippen LogP contribution in [0.25, 0.3) is 33.2 Å². The summed E-state index contributed by atoms with van der Waals surface area (Å²) in [5, 5.41) is 7.60. The number of carbonyl (C=O) groups is 4. The van der Waals surface area contributed by atoms with E-state index in [-0.39, 0.29) is 41.7 Å². The van der Waals surface area contributed by atoms with E-state index in [2.05, 4.69) is 58.1 Å². The predicted octanol–water partition coefficient (Wildman–Crippen LogP) is 6.71. The number of H-pyrrole nitrogens is 1. The molecule has 61 heavy (non-hydrogen) atoms. The predicted molar refractivity (Wildman–Crippen MR) is 230 cm³/mol. The second kappa shape index (κ2) is 17.2. The quantitative estimate of drug-likeness (QED) is 0.148. The van der Waals surface area contributed by atoms with E-state index in [9.17, 15) is 19.2 Å². The third-order valence-electron chi connectivity index (χ3n) is 12.6. The molecule has 4 aromatic rings. The van der Waals surface area contributed by atoms with Crippen LogP contribution in [0.1, 0.15) is 70.0 Å². The van der Waals surface area contributed by atoms with Crippen LogP contribution < -0.4 is 15.4 Å². The van der Waals surface area contributed by atoms with Gasteiger partial charge < -0.3 is 44.4 Å². The number of nitrogens with one attached hydrogen (secondary N) is 3. The van der Waals surface area contributed by atoms with E-state index in [0.717, 1.165) is 80.7 Å². The molecule has 3 N–H and O–H groups in total. The van der Waals surface area contributed by atoms with Crippen LogP contribution in [-0.2, 0) is 36.8 Å². The normalized spacial score (nSPS) is 20.1. The van der Waals surface area contributed by atoms with E-state index in [0.29, 0.717) is 38.5 Å². The summed E-state index contributed by atoms with van der Waals surface area (Å²) in [6, 6.07) is 12.9. The van der Waals surface area contributed by atoms with Gasteiger partial charge in [0.15, 0.2) is 0 Å². The van der Waals surface area contributed by atoms with Gasteiger partial charge in [0.2, 0.25) is 11.8 Å². The van der Waals surface area contributed by atoms with Gasteiger partial charge in [-0.3, -0.25) is 14.6 Å². The smallest absolute Gasteiger partial charge is 0.407 e. The lowest BCUT2D eigenvalue weighted by Gasteiger charge is -2.31.